The van der Waals surface area contributed by atoms with Gasteiger partial charge in [-0.25, -0.2) is 0 Å². The maximum Gasteiger partial charge on any atom is 0.0264 e. The fraction of sp³-hybridized carbons (Fsp3) is 0.333. The Morgan fingerprint density at radius 2 is 1.81 bits per heavy atom. The molecule has 0 aliphatic heterocycles. The first-order chi connectivity index (χ1) is 7.83. The summed E-state index contributed by atoms with van der Waals surface area (Å²) in [5.74, 6) is 0. The first kappa shape index (κ1) is 12.7. The van der Waals surface area contributed by atoms with E-state index >= 15 is 0 Å². The van der Waals surface area contributed by atoms with Gasteiger partial charge in [-0.1, -0.05) is 54.6 Å². The van der Waals surface area contributed by atoms with Crippen molar-refractivity contribution >= 4 is 0 Å². The van der Waals surface area contributed by atoms with Gasteiger partial charge in [-0.05, 0) is 31.7 Å². The molecule has 1 heteroatoms. The molecule has 0 aliphatic carbocycles. The van der Waals surface area contributed by atoms with Crippen molar-refractivity contribution in [3.63, 3.8) is 0 Å². The Morgan fingerprint density at radius 1 is 1.12 bits per heavy atom. The number of allylic oxidation sites excluding steroid dienone is 3. The topological polar surface area (TPSA) is 26.0 Å². The fourth-order valence-corrected chi connectivity index (χ4v) is 1.58. The largest absolute Gasteiger partial charge is 0.324 e. The summed E-state index contributed by atoms with van der Waals surface area (Å²) in [5.41, 5.74) is 7.31. The zero-order chi connectivity index (χ0) is 11.6. The molecule has 1 unspecified atom stereocenters. The highest BCUT2D eigenvalue weighted by molar-refractivity contribution is 5.17. The smallest absolute Gasteiger partial charge is 0.0264 e. The van der Waals surface area contributed by atoms with Crippen LogP contribution in [0, 0.1) is 0 Å². The van der Waals surface area contributed by atoms with Crippen molar-refractivity contribution in [1.29, 1.82) is 0 Å². The molecule has 1 aromatic rings. The molecule has 16 heavy (non-hydrogen) atoms. The van der Waals surface area contributed by atoms with Crippen molar-refractivity contribution in [3.8, 4) is 0 Å². The molecule has 0 heterocycles. The Bertz CT molecular complexity index is 325. The van der Waals surface area contributed by atoms with Gasteiger partial charge in [0.2, 0.25) is 0 Å². The zero-order valence-electron chi connectivity index (χ0n) is 9.97. The van der Waals surface area contributed by atoms with Crippen LogP contribution in [0.15, 0.2) is 54.6 Å². The van der Waals surface area contributed by atoms with E-state index in [-0.39, 0.29) is 6.04 Å². The van der Waals surface area contributed by atoms with Crippen LogP contribution in [0.1, 0.15) is 25.3 Å². The van der Waals surface area contributed by atoms with Crippen molar-refractivity contribution in [1.82, 2.24) is 0 Å². The molecule has 0 saturated carbocycles. The lowest BCUT2D eigenvalue weighted by Crippen LogP contribution is -2.19. The number of benzene rings is 1. The Hall–Kier alpha value is -1.34. The quantitative estimate of drug-likeness (QED) is 0.570. The minimum absolute atomic E-state index is 0.132. The van der Waals surface area contributed by atoms with Gasteiger partial charge in [-0.2, -0.15) is 0 Å². The highest BCUT2D eigenvalue weighted by Gasteiger charge is 1.98. The number of rotatable bonds is 6. The lowest BCUT2D eigenvalue weighted by molar-refractivity contribution is 0.804. The minimum atomic E-state index is 0.132. The van der Waals surface area contributed by atoms with Gasteiger partial charge in [0.1, 0.15) is 0 Å². The van der Waals surface area contributed by atoms with Crippen LogP contribution in [0.5, 0.6) is 0 Å². The second-order valence-corrected chi connectivity index (χ2v) is 3.93. The highest BCUT2D eigenvalue weighted by Crippen LogP contribution is 2.03. The normalized spacial score (nSPS) is 13.6. The predicted octanol–water partition coefficient (Wildman–Crippen LogP) is 3.47. The second kappa shape index (κ2) is 7.89. The summed E-state index contributed by atoms with van der Waals surface area (Å²) in [4.78, 5) is 0. The van der Waals surface area contributed by atoms with Crippen molar-refractivity contribution < 1.29 is 0 Å². The molecule has 1 atom stereocenters. The van der Waals surface area contributed by atoms with Crippen LogP contribution >= 0.6 is 0 Å². The zero-order valence-corrected chi connectivity index (χ0v) is 9.97. The molecule has 0 fully saturated rings. The predicted molar refractivity (Wildman–Crippen MR) is 71.3 cm³/mol. The van der Waals surface area contributed by atoms with Crippen LogP contribution in [0.2, 0.25) is 0 Å². The summed E-state index contributed by atoms with van der Waals surface area (Å²) in [7, 11) is 0. The molecule has 0 aromatic heterocycles. The van der Waals surface area contributed by atoms with E-state index in [9.17, 15) is 0 Å². The number of nitrogens with two attached hydrogens (primary N) is 1. The minimum Gasteiger partial charge on any atom is -0.324 e. The molecule has 86 valence electrons. The van der Waals surface area contributed by atoms with Crippen LogP contribution in [0.3, 0.4) is 0 Å². The van der Waals surface area contributed by atoms with E-state index in [1.54, 1.807) is 0 Å². The molecule has 1 aromatic carbocycles. The fourth-order valence-electron chi connectivity index (χ4n) is 1.58. The third-order valence-corrected chi connectivity index (χ3v) is 2.43. The SMILES string of the molecule is CC=CCCC=CC(N)Cc1ccccc1. The van der Waals surface area contributed by atoms with Gasteiger partial charge in [0, 0.05) is 6.04 Å². The van der Waals surface area contributed by atoms with Crippen LogP contribution in [-0.2, 0) is 6.42 Å². The summed E-state index contributed by atoms with van der Waals surface area (Å²) in [6.07, 6.45) is 11.6. The Balaban J connectivity index is 2.28. The molecule has 0 radical (unpaired) electrons. The van der Waals surface area contributed by atoms with Gasteiger partial charge in [-0.15, -0.1) is 0 Å². The van der Waals surface area contributed by atoms with Gasteiger partial charge in [-0.3, -0.25) is 0 Å². The Kier molecular flexibility index (Phi) is 6.28. The first-order valence-electron chi connectivity index (χ1n) is 5.90. The molecule has 0 spiro atoms. The van der Waals surface area contributed by atoms with E-state index in [1.807, 2.05) is 13.0 Å². The standard InChI is InChI=1S/C15H21N/c1-2-3-4-5-9-12-15(16)13-14-10-7-6-8-11-14/h2-3,6-12,15H,4-5,13,16H2,1H3. The molecule has 0 amide bonds. The van der Waals surface area contributed by atoms with Gasteiger partial charge in [0.15, 0.2) is 0 Å². The van der Waals surface area contributed by atoms with Crippen LogP contribution < -0.4 is 5.73 Å². The van der Waals surface area contributed by atoms with E-state index in [0.717, 1.165) is 19.3 Å². The molecular formula is C15H21N. The third kappa shape index (κ3) is 5.52. The summed E-state index contributed by atoms with van der Waals surface area (Å²) in [5, 5.41) is 0. The number of unbranched alkanes of at least 4 members (excludes halogenated alkanes) is 1. The second-order valence-electron chi connectivity index (χ2n) is 3.93. The Morgan fingerprint density at radius 3 is 2.50 bits per heavy atom. The lowest BCUT2D eigenvalue weighted by Gasteiger charge is -2.05. The summed E-state index contributed by atoms with van der Waals surface area (Å²) in [6.45, 7) is 2.05. The van der Waals surface area contributed by atoms with Gasteiger partial charge in [0.05, 0.1) is 0 Å². The van der Waals surface area contributed by atoms with E-state index in [0.29, 0.717) is 0 Å². The van der Waals surface area contributed by atoms with Crippen LogP contribution in [0.25, 0.3) is 0 Å². The summed E-state index contributed by atoms with van der Waals surface area (Å²) >= 11 is 0. The van der Waals surface area contributed by atoms with Crippen molar-refractivity contribution in [2.75, 3.05) is 0 Å². The molecule has 0 saturated heterocycles. The van der Waals surface area contributed by atoms with E-state index in [1.165, 1.54) is 5.56 Å². The average Bonchev–Trinajstić information content (AvgIpc) is 2.30. The summed E-state index contributed by atoms with van der Waals surface area (Å²) in [6, 6.07) is 10.5. The van der Waals surface area contributed by atoms with E-state index in [4.69, 9.17) is 5.73 Å². The van der Waals surface area contributed by atoms with Gasteiger partial charge < -0.3 is 5.73 Å². The average molecular weight is 215 g/mol. The van der Waals surface area contributed by atoms with Crippen molar-refractivity contribution in [2.45, 2.75) is 32.2 Å². The Labute approximate surface area is 98.7 Å². The van der Waals surface area contributed by atoms with E-state index < -0.39 is 0 Å². The lowest BCUT2D eigenvalue weighted by atomic mass is 10.1. The highest BCUT2D eigenvalue weighted by atomic mass is 14.6. The monoisotopic (exact) mass is 215 g/mol. The molecule has 0 bridgehead atoms. The molecular weight excluding hydrogens is 194 g/mol. The van der Waals surface area contributed by atoms with Crippen LogP contribution in [0.4, 0.5) is 0 Å². The maximum atomic E-state index is 6.02. The molecule has 2 N–H and O–H groups in total. The number of hydrogen-bond donors (Lipinski definition) is 1. The third-order valence-electron chi connectivity index (χ3n) is 2.43. The van der Waals surface area contributed by atoms with Gasteiger partial charge >= 0.3 is 0 Å². The van der Waals surface area contributed by atoms with Gasteiger partial charge in [0.25, 0.3) is 0 Å². The van der Waals surface area contributed by atoms with Crippen LogP contribution in [-0.4, -0.2) is 6.04 Å². The molecule has 0 aliphatic rings. The van der Waals surface area contributed by atoms with E-state index in [2.05, 4.69) is 48.6 Å². The summed E-state index contributed by atoms with van der Waals surface area (Å²) < 4.78 is 0. The maximum absolute atomic E-state index is 6.02. The number of hydrogen-bond acceptors (Lipinski definition) is 1. The molecule has 1 rings (SSSR count). The van der Waals surface area contributed by atoms with Crippen molar-refractivity contribution in [3.05, 3.63) is 60.2 Å². The first-order valence-corrected chi connectivity index (χ1v) is 5.90. The molecule has 1 nitrogen and oxygen atoms in total. The van der Waals surface area contributed by atoms with Crippen molar-refractivity contribution in [2.24, 2.45) is 5.73 Å².